The Hall–Kier alpha value is 1.19. The number of likely N-dealkylation sites (tertiary alicyclic amines) is 1. The van der Waals surface area contributed by atoms with Gasteiger partial charge in [-0.15, -0.1) is 0 Å². The van der Waals surface area contributed by atoms with E-state index in [0.717, 1.165) is 0 Å². The van der Waals surface area contributed by atoms with Crippen LogP contribution in [0.25, 0.3) is 0 Å². The van der Waals surface area contributed by atoms with Crippen LogP contribution < -0.4 is 5.73 Å². The molecule has 1 fully saturated rings. The summed E-state index contributed by atoms with van der Waals surface area (Å²) in [6.45, 7) is 7.00. The molecule has 2 nitrogen and oxygen atoms in total. The van der Waals surface area contributed by atoms with Gasteiger partial charge in [0.25, 0.3) is 0 Å². The molecule has 0 bridgehead atoms. The van der Waals surface area contributed by atoms with Gasteiger partial charge in [-0.3, -0.25) is 4.90 Å². The Labute approximate surface area is 117 Å². The average molecular weight is 450 g/mol. The predicted octanol–water partition coefficient (Wildman–Crippen LogP) is 3.36. The van der Waals surface area contributed by atoms with Gasteiger partial charge in [-0.2, -0.15) is 0 Å². The van der Waals surface area contributed by atoms with Crippen LogP contribution in [-0.4, -0.2) is 30.1 Å². The minimum atomic E-state index is -0.472. The molecule has 0 aromatic rings. The zero-order chi connectivity index (χ0) is 12.4. The van der Waals surface area contributed by atoms with Crippen LogP contribution in [0.15, 0.2) is 0 Å². The number of halogens is 2. The third-order valence-corrected chi connectivity index (χ3v) is 3.24. The van der Waals surface area contributed by atoms with Crippen molar-refractivity contribution in [2.45, 2.75) is 58.0 Å². The van der Waals surface area contributed by atoms with E-state index >= 15 is 0 Å². The summed E-state index contributed by atoms with van der Waals surface area (Å²) in [5.74, 6) is 0. The van der Waals surface area contributed by atoms with Crippen molar-refractivity contribution in [3.63, 3.8) is 0 Å². The Morgan fingerprint density at radius 1 is 1.31 bits per heavy atom. The van der Waals surface area contributed by atoms with Crippen LogP contribution in [0.2, 0.25) is 0 Å². The summed E-state index contributed by atoms with van der Waals surface area (Å²) in [4.78, 5) is 2.54. The third-order valence-electron chi connectivity index (χ3n) is 3.24. The van der Waals surface area contributed by atoms with Gasteiger partial charge < -0.3 is 5.73 Å². The predicted molar refractivity (Wildman–Crippen MR) is 69.5 cm³/mol. The van der Waals surface area contributed by atoms with Crippen molar-refractivity contribution in [2.75, 3.05) is 13.1 Å². The van der Waals surface area contributed by atoms with E-state index in [4.69, 9.17) is 24.6 Å². The fourth-order valence-corrected chi connectivity index (χ4v) is 2.09. The molecule has 0 unspecified atom stereocenters. The molecule has 102 valence electrons. The van der Waals surface area contributed by atoms with E-state index in [1.807, 2.05) is 0 Å². The van der Waals surface area contributed by atoms with Gasteiger partial charge in [0.2, 0.25) is 0 Å². The van der Waals surface area contributed by atoms with E-state index in [-0.39, 0.29) is 0 Å². The normalized spacial score (nSPS) is 25.6. The summed E-state index contributed by atoms with van der Waals surface area (Å²) in [5.41, 5.74) is 5.96. The molecule has 0 spiro atoms. The summed E-state index contributed by atoms with van der Waals surface area (Å²) >= 11 is -0.472. The first-order chi connectivity index (χ1) is 7.67. The van der Waals surface area contributed by atoms with E-state index in [1.165, 1.54) is 45.2 Å². The molecular formula is C11H24Cl2N2Pt. The van der Waals surface area contributed by atoms with E-state index in [2.05, 4.69) is 18.7 Å². The second-order valence-electron chi connectivity index (χ2n) is 4.33. The van der Waals surface area contributed by atoms with Crippen molar-refractivity contribution < 1.29 is 16.5 Å². The SMILES string of the molecule is CCCCCCN1CC[C@@H](N)[C@H]1C.[Cl][Pt][Cl]. The molecule has 0 aromatic heterocycles. The van der Waals surface area contributed by atoms with Gasteiger partial charge in [-0.25, -0.2) is 0 Å². The first-order valence-electron chi connectivity index (χ1n) is 5.99. The van der Waals surface area contributed by atoms with Gasteiger partial charge in [0.05, 0.1) is 0 Å². The fourth-order valence-electron chi connectivity index (χ4n) is 2.09. The summed E-state index contributed by atoms with van der Waals surface area (Å²) in [6.07, 6.45) is 6.64. The molecular weight excluding hydrogens is 426 g/mol. The first kappa shape index (κ1) is 17.2. The van der Waals surface area contributed by atoms with Gasteiger partial charge in [-0.1, -0.05) is 26.2 Å². The van der Waals surface area contributed by atoms with Crippen molar-refractivity contribution in [3.05, 3.63) is 0 Å². The van der Waals surface area contributed by atoms with Crippen LogP contribution in [-0.2, 0) is 16.5 Å². The number of hydrogen-bond acceptors (Lipinski definition) is 2. The zero-order valence-corrected chi connectivity index (χ0v) is 14.0. The van der Waals surface area contributed by atoms with Crippen molar-refractivity contribution in [1.82, 2.24) is 4.90 Å². The van der Waals surface area contributed by atoms with Crippen molar-refractivity contribution >= 4 is 18.8 Å². The molecule has 1 rings (SSSR count). The summed E-state index contributed by atoms with van der Waals surface area (Å²) < 4.78 is 0. The molecule has 0 saturated carbocycles. The molecule has 0 aliphatic carbocycles. The maximum atomic E-state index is 5.96. The number of nitrogens with zero attached hydrogens (tertiary/aromatic N) is 1. The summed E-state index contributed by atoms with van der Waals surface area (Å²) in [7, 11) is 9.75. The van der Waals surface area contributed by atoms with Gasteiger partial charge in [0, 0.05) is 18.6 Å². The van der Waals surface area contributed by atoms with Crippen LogP contribution in [0, 0.1) is 0 Å². The van der Waals surface area contributed by atoms with Crippen LogP contribution >= 0.6 is 18.8 Å². The molecule has 0 amide bonds. The molecule has 16 heavy (non-hydrogen) atoms. The fraction of sp³-hybridized carbons (Fsp3) is 1.00. The van der Waals surface area contributed by atoms with Gasteiger partial charge in [-0.05, 0) is 26.3 Å². The van der Waals surface area contributed by atoms with E-state index in [1.54, 1.807) is 0 Å². The Kier molecular flexibility index (Phi) is 12.1. The van der Waals surface area contributed by atoms with Crippen LogP contribution in [0.1, 0.15) is 46.0 Å². The number of rotatable bonds is 5. The summed E-state index contributed by atoms with van der Waals surface area (Å²) in [6, 6.07) is 1.04. The molecule has 1 heterocycles. The van der Waals surface area contributed by atoms with E-state index in [9.17, 15) is 0 Å². The van der Waals surface area contributed by atoms with Crippen molar-refractivity contribution in [1.29, 1.82) is 0 Å². The van der Waals surface area contributed by atoms with Crippen molar-refractivity contribution in [3.8, 4) is 0 Å². The quantitative estimate of drug-likeness (QED) is 0.652. The van der Waals surface area contributed by atoms with Gasteiger partial charge >= 0.3 is 35.3 Å². The Bertz CT molecular complexity index is 161. The van der Waals surface area contributed by atoms with Crippen molar-refractivity contribution in [2.24, 2.45) is 5.73 Å². The van der Waals surface area contributed by atoms with Gasteiger partial charge in [0.1, 0.15) is 0 Å². The van der Waals surface area contributed by atoms with Crippen LogP contribution in [0.4, 0.5) is 0 Å². The van der Waals surface area contributed by atoms with Gasteiger partial charge in [0.15, 0.2) is 0 Å². The number of nitrogens with two attached hydrogens (primary N) is 1. The van der Waals surface area contributed by atoms with E-state index in [0.29, 0.717) is 12.1 Å². The summed E-state index contributed by atoms with van der Waals surface area (Å²) in [5, 5.41) is 0. The molecule has 1 aliphatic rings. The zero-order valence-electron chi connectivity index (χ0n) is 10.2. The molecule has 0 radical (unpaired) electrons. The molecule has 2 N–H and O–H groups in total. The Balaban J connectivity index is 0.000000673. The van der Waals surface area contributed by atoms with E-state index < -0.39 is 16.5 Å². The topological polar surface area (TPSA) is 29.3 Å². The molecule has 1 aliphatic heterocycles. The average Bonchev–Trinajstić information content (AvgIpc) is 2.57. The third kappa shape index (κ3) is 7.50. The molecule has 0 aromatic carbocycles. The first-order valence-corrected chi connectivity index (χ1v) is 11.6. The Morgan fingerprint density at radius 2 is 1.94 bits per heavy atom. The number of hydrogen-bond donors (Lipinski definition) is 1. The minimum absolute atomic E-state index is 0.422. The standard InChI is InChI=1S/C11H24N2.2ClH.Pt/c1-3-4-5-6-8-13-9-7-11(12)10(13)2;;;/h10-11H,3-9,12H2,1-2H3;2*1H;/q;;;+2/p-2/t10-,11-;;;/m1.../s1. The maximum absolute atomic E-state index is 5.96. The Morgan fingerprint density at radius 3 is 2.38 bits per heavy atom. The number of unbranched alkanes of at least 4 members (excludes halogenated alkanes) is 3. The molecule has 1 saturated heterocycles. The van der Waals surface area contributed by atoms with Crippen LogP contribution in [0.5, 0.6) is 0 Å². The second-order valence-corrected chi connectivity index (χ2v) is 7.62. The van der Waals surface area contributed by atoms with Crippen LogP contribution in [0.3, 0.4) is 0 Å². The second kappa shape index (κ2) is 11.3. The molecule has 5 heteroatoms. The molecule has 2 atom stereocenters. The monoisotopic (exact) mass is 449 g/mol.